The summed E-state index contributed by atoms with van der Waals surface area (Å²) in [5.41, 5.74) is 0. The van der Waals surface area contributed by atoms with E-state index in [-0.39, 0.29) is 0 Å². The third kappa shape index (κ3) is 3.64. The Morgan fingerprint density at radius 3 is 2.57 bits per heavy atom. The Morgan fingerprint density at radius 2 is 1.86 bits per heavy atom. The molecule has 0 unspecified atom stereocenters. The normalized spacial score (nSPS) is 21.5. The predicted molar refractivity (Wildman–Crippen MR) is 86.9 cm³/mol. The molecule has 5 heteroatoms. The standard InChI is InChI=1S/C16H27N5/c1-2-18-15-12-17-13-16(19-15)21-10-6-14(7-11-21)20-8-4-3-5-9-20/h12-14H,2-11H2,1H3,(H,18,19). The van der Waals surface area contributed by atoms with Crippen molar-refractivity contribution in [1.29, 1.82) is 0 Å². The van der Waals surface area contributed by atoms with E-state index in [1.807, 2.05) is 6.20 Å². The molecule has 3 heterocycles. The molecule has 2 aliphatic rings. The highest BCUT2D eigenvalue weighted by Gasteiger charge is 2.26. The van der Waals surface area contributed by atoms with Gasteiger partial charge in [-0.2, -0.15) is 0 Å². The summed E-state index contributed by atoms with van der Waals surface area (Å²) in [6.45, 7) is 7.78. The van der Waals surface area contributed by atoms with E-state index in [0.717, 1.165) is 37.3 Å². The maximum Gasteiger partial charge on any atom is 0.149 e. The van der Waals surface area contributed by atoms with Crippen LogP contribution in [0, 0.1) is 0 Å². The maximum atomic E-state index is 4.66. The third-order valence-electron chi connectivity index (χ3n) is 4.68. The Kier molecular flexibility index (Phi) is 4.91. The highest BCUT2D eigenvalue weighted by atomic mass is 15.2. The highest BCUT2D eigenvalue weighted by Crippen LogP contribution is 2.23. The molecule has 0 bridgehead atoms. The molecule has 1 aromatic heterocycles. The van der Waals surface area contributed by atoms with Gasteiger partial charge in [0.2, 0.25) is 0 Å². The first kappa shape index (κ1) is 14.6. The Balaban J connectivity index is 1.56. The van der Waals surface area contributed by atoms with Gasteiger partial charge in [-0.25, -0.2) is 4.98 Å². The largest absolute Gasteiger partial charge is 0.369 e. The quantitative estimate of drug-likeness (QED) is 0.922. The van der Waals surface area contributed by atoms with Gasteiger partial charge in [0.1, 0.15) is 11.6 Å². The molecule has 2 fully saturated rings. The average Bonchev–Trinajstić information content (AvgIpc) is 2.56. The third-order valence-corrected chi connectivity index (χ3v) is 4.68. The van der Waals surface area contributed by atoms with Gasteiger partial charge in [0, 0.05) is 25.7 Å². The van der Waals surface area contributed by atoms with Gasteiger partial charge in [-0.05, 0) is 45.7 Å². The van der Waals surface area contributed by atoms with E-state index in [4.69, 9.17) is 0 Å². The van der Waals surface area contributed by atoms with Crippen molar-refractivity contribution in [2.24, 2.45) is 0 Å². The van der Waals surface area contributed by atoms with Gasteiger partial charge >= 0.3 is 0 Å². The molecule has 0 spiro atoms. The number of hydrogen-bond acceptors (Lipinski definition) is 5. The zero-order valence-corrected chi connectivity index (χ0v) is 13.1. The Morgan fingerprint density at radius 1 is 1.10 bits per heavy atom. The topological polar surface area (TPSA) is 44.3 Å². The number of hydrogen-bond donors (Lipinski definition) is 1. The van der Waals surface area contributed by atoms with E-state index in [1.54, 1.807) is 6.20 Å². The molecule has 3 rings (SSSR count). The minimum Gasteiger partial charge on any atom is -0.369 e. The summed E-state index contributed by atoms with van der Waals surface area (Å²) in [6, 6.07) is 0.784. The SMILES string of the molecule is CCNc1cncc(N2CCC(N3CCCCC3)CC2)n1. The molecule has 1 N–H and O–H groups in total. The number of nitrogens with zero attached hydrogens (tertiary/aromatic N) is 4. The first-order valence-corrected chi connectivity index (χ1v) is 8.41. The Bertz CT molecular complexity index is 436. The van der Waals surface area contributed by atoms with E-state index in [2.05, 4.69) is 32.0 Å². The van der Waals surface area contributed by atoms with Crippen LogP contribution in [0.4, 0.5) is 11.6 Å². The summed E-state index contributed by atoms with van der Waals surface area (Å²) in [5, 5.41) is 3.24. The minimum atomic E-state index is 0.784. The molecule has 116 valence electrons. The van der Waals surface area contributed by atoms with E-state index in [9.17, 15) is 0 Å². The summed E-state index contributed by atoms with van der Waals surface area (Å²) in [5.74, 6) is 1.90. The first-order chi connectivity index (χ1) is 10.4. The fourth-order valence-electron chi connectivity index (χ4n) is 3.52. The van der Waals surface area contributed by atoms with E-state index in [0.29, 0.717) is 0 Å². The number of rotatable bonds is 4. The van der Waals surface area contributed by atoms with Gasteiger partial charge in [-0.3, -0.25) is 4.98 Å². The molecule has 2 saturated heterocycles. The van der Waals surface area contributed by atoms with Crippen LogP contribution in [-0.4, -0.2) is 53.6 Å². The lowest BCUT2D eigenvalue weighted by Gasteiger charge is -2.40. The van der Waals surface area contributed by atoms with E-state index < -0.39 is 0 Å². The molecule has 0 aromatic carbocycles. The van der Waals surface area contributed by atoms with Crippen molar-refractivity contribution in [3.8, 4) is 0 Å². The molecule has 1 aromatic rings. The molecule has 5 nitrogen and oxygen atoms in total. The van der Waals surface area contributed by atoms with Crippen molar-refractivity contribution in [3.63, 3.8) is 0 Å². The number of aromatic nitrogens is 2. The fourth-order valence-corrected chi connectivity index (χ4v) is 3.52. The van der Waals surface area contributed by atoms with Crippen molar-refractivity contribution < 1.29 is 0 Å². The van der Waals surface area contributed by atoms with Crippen LogP contribution in [0.25, 0.3) is 0 Å². The number of piperidine rings is 2. The van der Waals surface area contributed by atoms with E-state index >= 15 is 0 Å². The lowest BCUT2D eigenvalue weighted by Crippen LogP contribution is -2.47. The lowest BCUT2D eigenvalue weighted by atomic mass is 10.00. The highest BCUT2D eigenvalue weighted by molar-refractivity contribution is 5.44. The predicted octanol–water partition coefficient (Wildman–Crippen LogP) is 2.36. The smallest absolute Gasteiger partial charge is 0.149 e. The fraction of sp³-hybridized carbons (Fsp3) is 0.750. The molecule has 0 radical (unpaired) electrons. The van der Waals surface area contributed by atoms with Gasteiger partial charge in [-0.15, -0.1) is 0 Å². The second kappa shape index (κ2) is 7.07. The molecular weight excluding hydrogens is 262 g/mol. The summed E-state index contributed by atoms with van der Waals surface area (Å²) >= 11 is 0. The zero-order chi connectivity index (χ0) is 14.5. The van der Waals surface area contributed by atoms with Crippen LogP contribution in [0.2, 0.25) is 0 Å². The van der Waals surface area contributed by atoms with Crippen molar-refractivity contribution >= 4 is 11.6 Å². The van der Waals surface area contributed by atoms with Crippen LogP contribution in [-0.2, 0) is 0 Å². The summed E-state index contributed by atoms with van der Waals surface area (Å²) < 4.78 is 0. The average molecular weight is 289 g/mol. The molecule has 0 atom stereocenters. The van der Waals surface area contributed by atoms with Crippen LogP contribution < -0.4 is 10.2 Å². The monoisotopic (exact) mass is 289 g/mol. The zero-order valence-electron chi connectivity index (χ0n) is 13.1. The summed E-state index contributed by atoms with van der Waals surface area (Å²) in [6.07, 6.45) is 10.4. The second-order valence-electron chi connectivity index (χ2n) is 6.11. The minimum absolute atomic E-state index is 0.784. The first-order valence-electron chi connectivity index (χ1n) is 8.41. The van der Waals surface area contributed by atoms with Gasteiger partial charge in [0.25, 0.3) is 0 Å². The summed E-state index contributed by atoms with van der Waals surface area (Å²) in [4.78, 5) is 14.1. The van der Waals surface area contributed by atoms with Crippen LogP contribution in [0.15, 0.2) is 12.4 Å². The summed E-state index contributed by atoms with van der Waals surface area (Å²) in [7, 11) is 0. The number of nitrogens with one attached hydrogen (secondary N) is 1. The van der Waals surface area contributed by atoms with Crippen molar-refractivity contribution in [2.45, 2.75) is 45.1 Å². The van der Waals surface area contributed by atoms with Crippen LogP contribution in [0.1, 0.15) is 39.0 Å². The van der Waals surface area contributed by atoms with Crippen molar-refractivity contribution in [2.75, 3.05) is 42.9 Å². The Labute approximate surface area is 127 Å². The second-order valence-corrected chi connectivity index (χ2v) is 6.11. The van der Waals surface area contributed by atoms with Crippen molar-refractivity contribution in [1.82, 2.24) is 14.9 Å². The van der Waals surface area contributed by atoms with Gasteiger partial charge in [0.05, 0.1) is 12.4 Å². The van der Waals surface area contributed by atoms with Gasteiger partial charge < -0.3 is 15.1 Å². The maximum absolute atomic E-state index is 4.66. The molecule has 0 amide bonds. The molecule has 0 aliphatic carbocycles. The van der Waals surface area contributed by atoms with Crippen LogP contribution >= 0.6 is 0 Å². The van der Waals surface area contributed by atoms with Crippen LogP contribution in [0.3, 0.4) is 0 Å². The van der Waals surface area contributed by atoms with Gasteiger partial charge in [0.15, 0.2) is 0 Å². The molecule has 0 saturated carbocycles. The molecule has 2 aliphatic heterocycles. The van der Waals surface area contributed by atoms with E-state index in [1.165, 1.54) is 45.2 Å². The molecule has 21 heavy (non-hydrogen) atoms. The Hall–Kier alpha value is -1.36. The van der Waals surface area contributed by atoms with Gasteiger partial charge in [-0.1, -0.05) is 6.42 Å². The van der Waals surface area contributed by atoms with Crippen LogP contribution in [0.5, 0.6) is 0 Å². The number of likely N-dealkylation sites (tertiary alicyclic amines) is 1. The van der Waals surface area contributed by atoms with Crippen molar-refractivity contribution in [3.05, 3.63) is 12.4 Å². The lowest BCUT2D eigenvalue weighted by molar-refractivity contribution is 0.141. The molecular formula is C16H27N5. The number of anilines is 2.